The van der Waals surface area contributed by atoms with Gasteiger partial charge in [0.1, 0.15) is 5.70 Å². The number of nitrogens with one attached hydrogen (secondary N) is 3. The van der Waals surface area contributed by atoms with Crippen LogP contribution in [-0.2, 0) is 9.59 Å². The Bertz CT molecular complexity index is 1550. The Morgan fingerprint density at radius 2 is 1.50 bits per heavy atom. The van der Waals surface area contributed by atoms with Gasteiger partial charge < -0.3 is 16.0 Å². The van der Waals surface area contributed by atoms with Crippen LogP contribution in [0.2, 0.25) is 5.02 Å². The molecule has 0 aliphatic heterocycles. The molecule has 8 heteroatoms. The summed E-state index contributed by atoms with van der Waals surface area (Å²) < 4.78 is 0. The molecule has 40 heavy (non-hydrogen) atoms. The summed E-state index contributed by atoms with van der Waals surface area (Å²) >= 11 is 7.41. The third-order valence-corrected chi connectivity index (χ3v) is 7.22. The van der Waals surface area contributed by atoms with Crippen molar-refractivity contribution >= 4 is 58.5 Å². The van der Waals surface area contributed by atoms with Gasteiger partial charge in [-0.15, -0.1) is 11.8 Å². The van der Waals surface area contributed by atoms with Crippen LogP contribution in [0.4, 0.5) is 11.4 Å². The molecule has 202 valence electrons. The molecule has 3 N–H and O–H groups in total. The summed E-state index contributed by atoms with van der Waals surface area (Å²) in [6, 6.07) is 28.8. The number of carbonyl (C=O) groups excluding carboxylic acids is 3. The van der Waals surface area contributed by atoms with E-state index in [1.807, 2.05) is 62.4 Å². The molecule has 0 saturated heterocycles. The van der Waals surface area contributed by atoms with E-state index in [0.29, 0.717) is 22.0 Å². The molecule has 0 atom stereocenters. The molecule has 0 radical (unpaired) electrons. The smallest absolute Gasteiger partial charge is 0.272 e. The van der Waals surface area contributed by atoms with E-state index < -0.39 is 5.91 Å². The molecule has 0 aliphatic rings. The van der Waals surface area contributed by atoms with E-state index >= 15 is 0 Å². The summed E-state index contributed by atoms with van der Waals surface area (Å²) in [5.41, 5.74) is 4.52. The predicted octanol–water partition coefficient (Wildman–Crippen LogP) is 7.10. The number of benzene rings is 4. The molecule has 4 rings (SSSR count). The van der Waals surface area contributed by atoms with E-state index in [1.165, 1.54) is 11.8 Å². The van der Waals surface area contributed by atoms with Crippen molar-refractivity contribution in [2.24, 2.45) is 0 Å². The maximum atomic E-state index is 13.3. The Morgan fingerprint density at radius 1 is 0.800 bits per heavy atom. The summed E-state index contributed by atoms with van der Waals surface area (Å²) in [7, 11) is 0. The van der Waals surface area contributed by atoms with Gasteiger partial charge in [0.2, 0.25) is 5.91 Å². The molecule has 0 spiro atoms. The summed E-state index contributed by atoms with van der Waals surface area (Å²) in [4.78, 5) is 39.4. The fourth-order valence-electron chi connectivity index (χ4n) is 3.74. The number of aryl methyl sites for hydroxylation is 2. The molecule has 0 saturated carbocycles. The normalized spacial score (nSPS) is 11.0. The van der Waals surface area contributed by atoms with Crippen LogP contribution in [0.5, 0.6) is 0 Å². The highest BCUT2D eigenvalue weighted by Gasteiger charge is 2.16. The van der Waals surface area contributed by atoms with Gasteiger partial charge >= 0.3 is 0 Å². The van der Waals surface area contributed by atoms with Crippen LogP contribution in [0.25, 0.3) is 6.08 Å². The first kappa shape index (κ1) is 28.7. The van der Waals surface area contributed by atoms with Crippen molar-refractivity contribution in [1.82, 2.24) is 5.32 Å². The van der Waals surface area contributed by atoms with Crippen LogP contribution in [-0.4, -0.2) is 23.5 Å². The van der Waals surface area contributed by atoms with Crippen LogP contribution in [0, 0.1) is 13.8 Å². The number of rotatable bonds is 9. The Kier molecular flexibility index (Phi) is 9.78. The lowest BCUT2D eigenvalue weighted by molar-refractivity contribution is -0.114. The van der Waals surface area contributed by atoms with Crippen molar-refractivity contribution < 1.29 is 14.4 Å². The fourth-order valence-corrected chi connectivity index (χ4v) is 4.61. The standard InChI is InChI=1S/C32H28ClN3O3S/c1-21-8-6-7-11-24(21)18-29(36-31(38)23-9-4-3-5-10-23)32(39)34-26-14-16-27(17-15-26)40-20-30(37)35-28-19-25(33)13-12-22(28)2/h3-19H,20H2,1-2H3,(H,34,39)(H,35,37)(H,36,38)/b29-18-. The first-order valence-corrected chi connectivity index (χ1v) is 13.9. The molecule has 0 aromatic heterocycles. The largest absolute Gasteiger partial charge is 0.325 e. The molecule has 6 nitrogen and oxygen atoms in total. The lowest BCUT2D eigenvalue weighted by Crippen LogP contribution is -2.30. The van der Waals surface area contributed by atoms with E-state index in [9.17, 15) is 14.4 Å². The molecule has 3 amide bonds. The number of anilines is 2. The van der Waals surface area contributed by atoms with Crippen LogP contribution >= 0.6 is 23.4 Å². The Hall–Kier alpha value is -4.33. The second-order valence-electron chi connectivity index (χ2n) is 9.01. The van der Waals surface area contributed by atoms with Crippen molar-refractivity contribution in [1.29, 1.82) is 0 Å². The first-order chi connectivity index (χ1) is 19.3. The van der Waals surface area contributed by atoms with Crippen molar-refractivity contribution in [2.45, 2.75) is 18.7 Å². The zero-order chi connectivity index (χ0) is 28.5. The Balaban J connectivity index is 1.41. The van der Waals surface area contributed by atoms with Crippen LogP contribution in [0.1, 0.15) is 27.0 Å². The van der Waals surface area contributed by atoms with Gasteiger partial charge in [0.25, 0.3) is 11.8 Å². The Morgan fingerprint density at radius 3 is 2.23 bits per heavy atom. The van der Waals surface area contributed by atoms with Gasteiger partial charge in [-0.3, -0.25) is 14.4 Å². The van der Waals surface area contributed by atoms with Gasteiger partial charge in [0.15, 0.2) is 0 Å². The van der Waals surface area contributed by atoms with Crippen LogP contribution in [0.15, 0.2) is 108 Å². The fraction of sp³-hybridized carbons (Fsp3) is 0.0938. The lowest BCUT2D eigenvalue weighted by atomic mass is 10.1. The highest BCUT2D eigenvalue weighted by molar-refractivity contribution is 8.00. The average molecular weight is 570 g/mol. The SMILES string of the molecule is Cc1ccccc1/C=C(\NC(=O)c1ccccc1)C(=O)Nc1ccc(SCC(=O)Nc2cc(Cl)ccc2C)cc1. The van der Waals surface area contributed by atoms with Crippen LogP contribution < -0.4 is 16.0 Å². The summed E-state index contributed by atoms with van der Waals surface area (Å²) in [5.74, 6) is -0.766. The number of thioether (sulfide) groups is 1. The van der Waals surface area contributed by atoms with E-state index in [1.54, 1.807) is 54.6 Å². The van der Waals surface area contributed by atoms with Crippen molar-refractivity contribution in [3.63, 3.8) is 0 Å². The maximum absolute atomic E-state index is 13.3. The quantitative estimate of drug-likeness (QED) is 0.148. The molecule has 0 aliphatic carbocycles. The van der Waals surface area contributed by atoms with Gasteiger partial charge in [-0.05, 0) is 85.1 Å². The molecular formula is C32H28ClN3O3S. The van der Waals surface area contributed by atoms with Crippen molar-refractivity contribution in [3.8, 4) is 0 Å². The minimum absolute atomic E-state index is 0.120. The van der Waals surface area contributed by atoms with Gasteiger partial charge in [-0.25, -0.2) is 0 Å². The monoisotopic (exact) mass is 569 g/mol. The number of hydrogen-bond donors (Lipinski definition) is 3. The predicted molar refractivity (Wildman–Crippen MR) is 164 cm³/mol. The number of hydrogen-bond acceptors (Lipinski definition) is 4. The second kappa shape index (κ2) is 13.6. The molecule has 0 bridgehead atoms. The second-order valence-corrected chi connectivity index (χ2v) is 10.5. The number of halogens is 1. The van der Waals surface area contributed by atoms with Crippen molar-refractivity contribution in [3.05, 3.63) is 130 Å². The topological polar surface area (TPSA) is 87.3 Å². The Labute approximate surface area is 242 Å². The van der Waals surface area contributed by atoms with Gasteiger partial charge in [-0.2, -0.15) is 0 Å². The summed E-state index contributed by atoms with van der Waals surface area (Å²) in [6.07, 6.45) is 1.66. The van der Waals surface area contributed by atoms with Crippen molar-refractivity contribution in [2.75, 3.05) is 16.4 Å². The minimum Gasteiger partial charge on any atom is -0.325 e. The molecule has 4 aromatic carbocycles. The van der Waals surface area contributed by atoms with Gasteiger partial charge in [0, 0.05) is 26.9 Å². The van der Waals surface area contributed by atoms with Gasteiger partial charge in [-0.1, -0.05) is 60.1 Å². The zero-order valence-corrected chi connectivity index (χ0v) is 23.6. The zero-order valence-electron chi connectivity index (χ0n) is 22.0. The van der Waals surface area contributed by atoms with E-state index in [0.717, 1.165) is 21.6 Å². The molecule has 4 aromatic rings. The lowest BCUT2D eigenvalue weighted by Gasteiger charge is -2.12. The van der Waals surface area contributed by atoms with Gasteiger partial charge in [0.05, 0.1) is 5.75 Å². The number of amides is 3. The van der Waals surface area contributed by atoms with E-state index in [2.05, 4.69) is 16.0 Å². The average Bonchev–Trinajstić information content (AvgIpc) is 2.95. The third-order valence-electron chi connectivity index (χ3n) is 5.97. The summed E-state index contributed by atoms with van der Waals surface area (Å²) in [6.45, 7) is 3.84. The molecule has 0 heterocycles. The first-order valence-electron chi connectivity index (χ1n) is 12.5. The molecule has 0 fully saturated rings. The summed E-state index contributed by atoms with van der Waals surface area (Å²) in [5, 5.41) is 9.04. The molecular weight excluding hydrogens is 542 g/mol. The third kappa shape index (κ3) is 8.09. The van der Waals surface area contributed by atoms with E-state index in [4.69, 9.17) is 11.6 Å². The maximum Gasteiger partial charge on any atom is 0.272 e. The highest BCUT2D eigenvalue weighted by Crippen LogP contribution is 2.23. The van der Waals surface area contributed by atoms with E-state index in [-0.39, 0.29) is 23.3 Å². The number of carbonyl (C=O) groups is 3. The molecule has 0 unspecified atom stereocenters. The minimum atomic E-state index is -0.454. The van der Waals surface area contributed by atoms with Crippen LogP contribution in [0.3, 0.4) is 0 Å². The highest BCUT2D eigenvalue weighted by atomic mass is 35.5.